The molecule has 0 atom stereocenters. The van der Waals surface area contributed by atoms with Crippen molar-refractivity contribution in [2.45, 2.75) is 6.54 Å². The lowest BCUT2D eigenvalue weighted by Crippen LogP contribution is -2.29. The molecule has 0 bridgehead atoms. The standard InChI is InChI=1S/C21H15N5O4S/c27-19(24-23-11-14-5-4-8-16(9-14)26(29)30)12-25-13-22-20-17(21(25)28)10-18(31-20)15-6-2-1-3-7-15/h1-11,13H,12H2,(H,24,27)/b23-11-. The number of hydrogen-bond donors (Lipinski definition) is 1. The minimum Gasteiger partial charge on any atom is -0.289 e. The molecule has 0 aliphatic rings. The van der Waals surface area contributed by atoms with E-state index in [0.717, 1.165) is 10.4 Å². The number of rotatable bonds is 6. The van der Waals surface area contributed by atoms with Gasteiger partial charge in [0.1, 0.15) is 11.4 Å². The molecule has 31 heavy (non-hydrogen) atoms. The lowest BCUT2D eigenvalue weighted by molar-refractivity contribution is -0.384. The number of hydrazone groups is 1. The molecular formula is C21H15N5O4S. The van der Waals surface area contributed by atoms with Gasteiger partial charge in [-0.05, 0) is 11.6 Å². The van der Waals surface area contributed by atoms with E-state index in [1.807, 2.05) is 30.3 Å². The normalized spacial score (nSPS) is 11.1. The molecule has 0 unspecified atom stereocenters. The SMILES string of the molecule is O=C(Cn1cnc2sc(-c3ccccc3)cc2c1=O)N/N=C\c1cccc([N+](=O)[O-])c1. The van der Waals surface area contributed by atoms with Gasteiger partial charge in [-0.25, -0.2) is 10.4 Å². The maximum absolute atomic E-state index is 12.8. The van der Waals surface area contributed by atoms with Crippen LogP contribution in [-0.4, -0.2) is 26.6 Å². The van der Waals surface area contributed by atoms with Gasteiger partial charge in [-0.2, -0.15) is 5.10 Å². The van der Waals surface area contributed by atoms with E-state index < -0.39 is 10.8 Å². The molecule has 2 heterocycles. The molecule has 0 saturated carbocycles. The second-order valence-electron chi connectivity index (χ2n) is 6.52. The molecule has 10 heteroatoms. The third-order valence-electron chi connectivity index (χ3n) is 4.37. The first-order valence-electron chi connectivity index (χ1n) is 9.12. The van der Waals surface area contributed by atoms with Crippen molar-refractivity contribution in [2.75, 3.05) is 0 Å². The molecule has 0 aliphatic heterocycles. The molecule has 2 aromatic carbocycles. The summed E-state index contributed by atoms with van der Waals surface area (Å²) >= 11 is 1.41. The Balaban J connectivity index is 1.47. The summed E-state index contributed by atoms with van der Waals surface area (Å²) in [6.07, 6.45) is 2.62. The Morgan fingerprint density at radius 2 is 2.00 bits per heavy atom. The fourth-order valence-corrected chi connectivity index (χ4v) is 3.90. The maximum Gasteiger partial charge on any atom is 0.270 e. The number of carbonyl (C=O) groups excluding carboxylic acids is 1. The Bertz CT molecular complexity index is 1360. The summed E-state index contributed by atoms with van der Waals surface area (Å²) in [4.78, 5) is 41.0. The number of benzene rings is 2. The lowest BCUT2D eigenvalue weighted by atomic mass is 10.2. The molecule has 154 valence electrons. The summed E-state index contributed by atoms with van der Waals surface area (Å²) in [5.74, 6) is -0.525. The van der Waals surface area contributed by atoms with Crippen LogP contribution in [0.3, 0.4) is 0 Å². The summed E-state index contributed by atoms with van der Waals surface area (Å²) in [7, 11) is 0. The molecular weight excluding hydrogens is 418 g/mol. The van der Waals surface area contributed by atoms with E-state index in [1.54, 1.807) is 12.1 Å². The van der Waals surface area contributed by atoms with Gasteiger partial charge in [-0.15, -0.1) is 11.3 Å². The van der Waals surface area contributed by atoms with Crippen molar-refractivity contribution in [3.05, 3.63) is 93.0 Å². The first-order chi connectivity index (χ1) is 15.0. The highest BCUT2D eigenvalue weighted by Crippen LogP contribution is 2.30. The van der Waals surface area contributed by atoms with Gasteiger partial charge >= 0.3 is 0 Å². The number of thiophene rings is 1. The number of nitrogens with zero attached hydrogens (tertiary/aromatic N) is 4. The highest BCUT2D eigenvalue weighted by atomic mass is 32.1. The Labute approximate surface area is 179 Å². The number of nitro groups is 1. The number of carbonyl (C=O) groups is 1. The highest BCUT2D eigenvalue weighted by Gasteiger charge is 2.12. The topological polar surface area (TPSA) is 119 Å². The van der Waals surface area contributed by atoms with Gasteiger partial charge in [0.25, 0.3) is 17.2 Å². The zero-order valence-corrected chi connectivity index (χ0v) is 16.8. The van der Waals surface area contributed by atoms with Crippen LogP contribution in [0.2, 0.25) is 0 Å². The third kappa shape index (κ3) is 4.54. The second kappa shape index (κ2) is 8.67. The molecule has 0 radical (unpaired) electrons. The van der Waals surface area contributed by atoms with Crippen LogP contribution in [0, 0.1) is 10.1 Å². The fraction of sp³-hybridized carbons (Fsp3) is 0.0476. The summed E-state index contributed by atoms with van der Waals surface area (Å²) in [6.45, 7) is -0.259. The van der Waals surface area contributed by atoms with Gasteiger partial charge in [0.15, 0.2) is 0 Å². The number of non-ortho nitro benzene ring substituents is 1. The number of nitro benzene ring substituents is 1. The van der Waals surface area contributed by atoms with Crippen molar-refractivity contribution >= 4 is 39.4 Å². The molecule has 0 spiro atoms. The molecule has 9 nitrogen and oxygen atoms in total. The van der Waals surface area contributed by atoms with E-state index in [4.69, 9.17) is 0 Å². The van der Waals surface area contributed by atoms with Crippen molar-refractivity contribution in [2.24, 2.45) is 5.10 Å². The number of nitrogens with one attached hydrogen (secondary N) is 1. The van der Waals surface area contributed by atoms with Crippen molar-refractivity contribution in [3.63, 3.8) is 0 Å². The van der Waals surface area contributed by atoms with E-state index in [-0.39, 0.29) is 17.8 Å². The van der Waals surface area contributed by atoms with Crippen LogP contribution in [-0.2, 0) is 11.3 Å². The predicted molar refractivity (Wildman–Crippen MR) is 118 cm³/mol. The Morgan fingerprint density at radius 3 is 2.77 bits per heavy atom. The van der Waals surface area contributed by atoms with Crippen LogP contribution in [0.25, 0.3) is 20.7 Å². The van der Waals surface area contributed by atoms with Crippen LogP contribution < -0.4 is 11.0 Å². The van der Waals surface area contributed by atoms with Crippen LogP contribution in [0.1, 0.15) is 5.56 Å². The molecule has 4 rings (SSSR count). The molecule has 4 aromatic rings. The van der Waals surface area contributed by atoms with E-state index in [9.17, 15) is 19.7 Å². The third-order valence-corrected chi connectivity index (χ3v) is 5.47. The monoisotopic (exact) mass is 433 g/mol. The Hall–Kier alpha value is -4.18. The Morgan fingerprint density at radius 1 is 1.19 bits per heavy atom. The van der Waals surface area contributed by atoms with Crippen LogP contribution in [0.15, 0.2) is 76.9 Å². The average Bonchev–Trinajstić information content (AvgIpc) is 3.22. The second-order valence-corrected chi connectivity index (χ2v) is 7.55. The molecule has 2 aromatic heterocycles. The molecule has 0 aliphatic carbocycles. The van der Waals surface area contributed by atoms with Crippen LogP contribution in [0.5, 0.6) is 0 Å². The predicted octanol–water partition coefficient (Wildman–Crippen LogP) is 3.18. The largest absolute Gasteiger partial charge is 0.289 e. The number of amides is 1. The Kier molecular flexibility index (Phi) is 5.63. The highest BCUT2D eigenvalue weighted by molar-refractivity contribution is 7.21. The maximum atomic E-state index is 12.8. The molecule has 0 saturated heterocycles. The fourth-order valence-electron chi connectivity index (χ4n) is 2.90. The van der Waals surface area contributed by atoms with Gasteiger partial charge in [0.05, 0.1) is 22.9 Å². The van der Waals surface area contributed by atoms with Crippen molar-refractivity contribution in [1.29, 1.82) is 0 Å². The molecule has 1 N–H and O–H groups in total. The van der Waals surface area contributed by atoms with Gasteiger partial charge in [-0.3, -0.25) is 24.3 Å². The quantitative estimate of drug-likeness (QED) is 0.284. The van der Waals surface area contributed by atoms with Crippen molar-refractivity contribution in [3.8, 4) is 10.4 Å². The minimum atomic E-state index is -0.525. The summed E-state index contributed by atoms with van der Waals surface area (Å²) in [5.41, 5.74) is 3.37. The number of aromatic nitrogens is 2. The van der Waals surface area contributed by atoms with Gasteiger partial charge in [0, 0.05) is 22.6 Å². The number of fused-ring (bicyclic) bond motifs is 1. The van der Waals surface area contributed by atoms with Crippen molar-refractivity contribution in [1.82, 2.24) is 15.0 Å². The smallest absolute Gasteiger partial charge is 0.270 e. The van der Waals surface area contributed by atoms with Crippen LogP contribution >= 0.6 is 11.3 Å². The molecule has 0 fully saturated rings. The van der Waals surface area contributed by atoms with Gasteiger partial charge < -0.3 is 0 Å². The lowest BCUT2D eigenvalue weighted by Gasteiger charge is -2.03. The summed E-state index contributed by atoms with van der Waals surface area (Å²) in [6, 6.07) is 17.3. The number of hydrogen-bond acceptors (Lipinski definition) is 7. The summed E-state index contributed by atoms with van der Waals surface area (Å²) < 4.78 is 1.21. The minimum absolute atomic E-state index is 0.0770. The van der Waals surface area contributed by atoms with E-state index >= 15 is 0 Å². The van der Waals surface area contributed by atoms with E-state index in [0.29, 0.717) is 15.8 Å². The molecule has 1 amide bonds. The zero-order valence-electron chi connectivity index (χ0n) is 16.0. The van der Waals surface area contributed by atoms with Crippen molar-refractivity contribution < 1.29 is 9.72 Å². The van der Waals surface area contributed by atoms with Gasteiger partial charge in [0.2, 0.25) is 0 Å². The van der Waals surface area contributed by atoms with Crippen LogP contribution in [0.4, 0.5) is 5.69 Å². The van der Waals surface area contributed by atoms with Gasteiger partial charge in [-0.1, -0.05) is 42.5 Å². The van der Waals surface area contributed by atoms with E-state index in [1.165, 1.54) is 46.6 Å². The first-order valence-corrected chi connectivity index (χ1v) is 9.94. The summed E-state index contributed by atoms with van der Waals surface area (Å²) in [5, 5.41) is 15.0. The average molecular weight is 433 g/mol. The first kappa shape index (κ1) is 20.1. The van der Waals surface area contributed by atoms with E-state index in [2.05, 4.69) is 15.5 Å². The zero-order chi connectivity index (χ0) is 21.8.